The van der Waals surface area contributed by atoms with Crippen LogP contribution in [-0.2, 0) is 17.9 Å². The quantitative estimate of drug-likeness (QED) is 0.481. The molecule has 2 aliphatic heterocycles. The van der Waals surface area contributed by atoms with E-state index in [-0.39, 0.29) is 30.4 Å². The van der Waals surface area contributed by atoms with Gasteiger partial charge in [-0.25, -0.2) is 4.79 Å². The number of hydrogen-bond acceptors (Lipinski definition) is 6. The molecule has 1 amide bonds. The number of pyridine rings is 1. The number of aromatic nitrogens is 3. The smallest absolute Gasteiger partial charge is 0.352 e. The first-order chi connectivity index (χ1) is 15.1. The summed E-state index contributed by atoms with van der Waals surface area (Å²) in [6.07, 6.45) is 1.62. The molecule has 2 aromatic rings. The second-order valence-electron chi connectivity index (χ2n) is 6.72. The third-order valence-corrected chi connectivity index (χ3v) is 5.48. The highest BCUT2D eigenvalue weighted by Gasteiger charge is 2.19. The molecule has 0 aliphatic carbocycles. The maximum atomic E-state index is 12.9. The molecule has 0 spiro atoms. The number of carbonyl (C=O) groups excluding carboxylic acids is 1. The highest BCUT2D eigenvalue weighted by Crippen LogP contribution is 2.24. The Kier molecular flexibility index (Phi) is 5.94. The molecular weight excluding hydrogens is 416 g/mol. The lowest BCUT2D eigenvalue weighted by Crippen LogP contribution is -2.38. The average molecular weight is 436 g/mol. The molecule has 0 atom stereocenters. The Balaban J connectivity index is 1.62. The zero-order chi connectivity index (χ0) is 21.8. The van der Waals surface area contributed by atoms with Crippen LogP contribution in [0.2, 0.25) is 0 Å². The monoisotopic (exact) mass is 436 g/mol. The maximum absolute atomic E-state index is 12.9. The van der Waals surface area contributed by atoms with Crippen molar-refractivity contribution in [3.05, 3.63) is 85.8 Å². The highest BCUT2D eigenvalue weighted by atomic mass is 32.1. The first kappa shape index (κ1) is 20.5. The number of rotatable bonds is 7. The van der Waals surface area contributed by atoms with Crippen LogP contribution in [0.1, 0.15) is 11.8 Å². The first-order valence-electron chi connectivity index (χ1n) is 9.71. The number of fused-ring (bicyclic) bond motifs is 1. The van der Waals surface area contributed by atoms with Crippen LogP contribution in [-0.4, -0.2) is 26.6 Å². The number of carbonyl (C=O) groups is 1. The molecule has 4 rings (SSSR count). The standard InChI is InChI=1S/C22H20N4O4S/c1-2-30-18-10-4-3-9-17(18)23-19(27)14-25-11-5-8-16-20(25)24-22(29)26(21(16)28)13-15-7-6-12-31-15/h3-12H,2,13-14H2,1H3,(H,23,27). The molecule has 1 aromatic heterocycles. The van der Waals surface area contributed by atoms with Crippen LogP contribution in [0.15, 0.2) is 69.7 Å². The van der Waals surface area contributed by atoms with Gasteiger partial charge in [0.1, 0.15) is 12.3 Å². The zero-order valence-electron chi connectivity index (χ0n) is 16.8. The molecule has 8 nitrogen and oxygen atoms in total. The van der Waals surface area contributed by atoms with Gasteiger partial charge in [0.25, 0.3) is 5.56 Å². The molecule has 0 saturated heterocycles. The van der Waals surface area contributed by atoms with E-state index in [9.17, 15) is 14.4 Å². The third kappa shape index (κ3) is 4.41. The van der Waals surface area contributed by atoms with E-state index >= 15 is 0 Å². The van der Waals surface area contributed by atoms with Crippen molar-refractivity contribution < 1.29 is 9.53 Å². The topological polar surface area (TPSA) is 95.2 Å². The molecular formula is C22H20N4O4S. The largest absolute Gasteiger partial charge is 0.492 e. The lowest BCUT2D eigenvalue weighted by molar-refractivity contribution is -0.116. The number of anilines is 1. The molecule has 0 fully saturated rings. The van der Waals surface area contributed by atoms with E-state index in [0.717, 1.165) is 9.44 Å². The molecule has 158 valence electrons. The van der Waals surface area contributed by atoms with Crippen molar-refractivity contribution in [2.45, 2.75) is 20.0 Å². The number of nitrogens with one attached hydrogen (secondary N) is 1. The van der Waals surface area contributed by atoms with Crippen molar-refractivity contribution in [1.82, 2.24) is 14.1 Å². The van der Waals surface area contributed by atoms with Gasteiger partial charge < -0.3 is 14.6 Å². The number of thiophene rings is 1. The van der Waals surface area contributed by atoms with E-state index < -0.39 is 11.2 Å². The summed E-state index contributed by atoms with van der Waals surface area (Å²) in [7, 11) is 0. The number of para-hydroxylation sites is 2. The molecule has 0 bridgehead atoms. The van der Waals surface area contributed by atoms with Gasteiger partial charge in [0.2, 0.25) is 5.91 Å². The number of ether oxygens (including phenoxy) is 1. The van der Waals surface area contributed by atoms with Gasteiger partial charge in [-0.05, 0) is 42.6 Å². The lowest BCUT2D eigenvalue weighted by atomic mass is 10.2. The normalized spacial score (nSPS) is 10.9. The Morgan fingerprint density at radius 2 is 1.97 bits per heavy atom. The molecule has 0 unspecified atom stereocenters. The van der Waals surface area contributed by atoms with Crippen molar-refractivity contribution in [3.8, 4) is 17.1 Å². The van der Waals surface area contributed by atoms with Gasteiger partial charge >= 0.3 is 5.69 Å². The fourth-order valence-electron chi connectivity index (χ4n) is 3.24. The van der Waals surface area contributed by atoms with E-state index in [1.807, 2.05) is 30.5 Å². The van der Waals surface area contributed by atoms with Crippen molar-refractivity contribution in [1.29, 1.82) is 0 Å². The average Bonchev–Trinajstić information content (AvgIpc) is 3.27. The van der Waals surface area contributed by atoms with E-state index in [0.29, 0.717) is 18.0 Å². The first-order valence-corrected chi connectivity index (χ1v) is 10.6. The van der Waals surface area contributed by atoms with E-state index in [2.05, 4.69) is 10.3 Å². The molecule has 1 N–H and O–H groups in total. The Bertz CT molecular complexity index is 1290. The van der Waals surface area contributed by atoms with Crippen LogP contribution in [0.25, 0.3) is 11.4 Å². The summed E-state index contributed by atoms with van der Waals surface area (Å²) in [4.78, 5) is 43.1. The van der Waals surface area contributed by atoms with Crippen LogP contribution in [0.4, 0.5) is 5.69 Å². The Labute approximate surface area is 181 Å². The number of hydrogen-bond donors (Lipinski definition) is 1. The highest BCUT2D eigenvalue weighted by molar-refractivity contribution is 7.09. The summed E-state index contributed by atoms with van der Waals surface area (Å²) in [6.45, 7) is 2.39. The fraction of sp³-hybridized carbons (Fsp3) is 0.182. The Hall–Kier alpha value is -3.72. The second kappa shape index (κ2) is 8.97. The summed E-state index contributed by atoms with van der Waals surface area (Å²) < 4.78 is 8.13. The van der Waals surface area contributed by atoms with E-state index in [1.165, 1.54) is 15.9 Å². The van der Waals surface area contributed by atoms with Gasteiger partial charge in [-0.2, -0.15) is 4.98 Å². The van der Waals surface area contributed by atoms with Gasteiger partial charge in [0, 0.05) is 11.1 Å². The molecule has 9 heteroatoms. The molecule has 3 heterocycles. The van der Waals surface area contributed by atoms with Gasteiger partial charge in [-0.1, -0.05) is 18.2 Å². The fourth-order valence-corrected chi connectivity index (χ4v) is 3.93. The molecule has 2 aliphatic rings. The van der Waals surface area contributed by atoms with E-state index in [1.54, 1.807) is 36.5 Å². The minimum Gasteiger partial charge on any atom is -0.492 e. The summed E-state index contributed by atoms with van der Waals surface area (Å²) in [5.41, 5.74) is -0.250. The Morgan fingerprint density at radius 1 is 1.13 bits per heavy atom. The van der Waals surface area contributed by atoms with Crippen LogP contribution in [0, 0.1) is 0 Å². The summed E-state index contributed by atoms with van der Waals surface area (Å²) in [5.74, 6) is 0.410. The minimum absolute atomic E-state index is 0.112. The van der Waals surface area contributed by atoms with Crippen LogP contribution in [0.5, 0.6) is 5.75 Å². The minimum atomic E-state index is -0.645. The lowest BCUT2D eigenvalue weighted by Gasteiger charge is -2.16. The maximum Gasteiger partial charge on any atom is 0.352 e. The summed E-state index contributed by atoms with van der Waals surface area (Å²) >= 11 is 1.46. The van der Waals surface area contributed by atoms with Crippen LogP contribution in [0.3, 0.4) is 0 Å². The zero-order valence-corrected chi connectivity index (χ0v) is 17.6. The van der Waals surface area contributed by atoms with Crippen molar-refractivity contribution >= 4 is 22.9 Å². The molecule has 0 radical (unpaired) electrons. The predicted molar refractivity (Wildman–Crippen MR) is 119 cm³/mol. The number of benzene rings is 1. The SMILES string of the molecule is CCOc1ccccc1NC(=O)Cn1cccc2c(=O)n(Cc3cccs3)c(=O)nc1-2. The second-order valence-corrected chi connectivity index (χ2v) is 7.75. The summed E-state index contributed by atoms with van der Waals surface area (Å²) in [5, 5.41) is 4.69. The molecule has 0 saturated carbocycles. The third-order valence-electron chi connectivity index (χ3n) is 4.62. The molecule has 31 heavy (non-hydrogen) atoms. The van der Waals surface area contributed by atoms with Crippen molar-refractivity contribution in [2.24, 2.45) is 0 Å². The molecule has 1 aromatic carbocycles. The Morgan fingerprint density at radius 3 is 2.74 bits per heavy atom. The van der Waals surface area contributed by atoms with Gasteiger partial charge in [0.05, 0.1) is 24.4 Å². The van der Waals surface area contributed by atoms with Gasteiger partial charge in [-0.3, -0.25) is 14.2 Å². The van der Waals surface area contributed by atoms with Crippen LogP contribution >= 0.6 is 11.3 Å². The van der Waals surface area contributed by atoms with Crippen LogP contribution < -0.4 is 21.3 Å². The van der Waals surface area contributed by atoms with Gasteiger partial charge in [-0.15, -0.1) is 11.3 Å². The number of nitrogens with zero attached hydrogens (tertiary/aromatic N) is 3. The van der Waals surface area contributed by atoms with Gasteiger partial charge in [0.15, 0.2) is 5.82 Å². The predicted octanol–water partition coefficient (Wildman–Crippen LogP) is 2.66. The van der Waals surface area contributed by atoms with Crippen molar-refractivity contribution in [2.75, 3.05) is 11.9 Å². The number of amides is 1. The van der Waals surface area contributed by atoms with E-state index in [4.69, 9.17) is 4.74 Å². The van der Waals surface area contributed by atoms with Crippen molar-refractivity contribution in [3.63, 3.8) is 0 Å². The summed E-state index contributed by atoms with van der Waals surface area (Å²) in [6, 6.07) is 14.1.